The van der Waals surface area contributed by atoms with Crippen LogP contribution in [-0.2, 0) is 9.47 Å². The first-order valence-electron chi connectivity index (χ1n) is 12.5. The summed E-state index contributed by atoms with van der Waals surface area (Å²) in [6.07, 6.45) is 2.70. The summed E-state index contributed by atoms with van der Waals surface area (Å²) in [5, 5.41) is 4.37. The van der Waals surface area contributed by atoms with Crippen molar-refractivity contribution in [3.8, 4) is 22.9 Å². The lowest BCUT2D eigenvalue weighted by molar-refractivity contribution is 0.111. The molecule has 12 nitrogen and oxygen atoms in total. The zero-order valence-corrected chi connectivity index (χ0v) is 21.8. The number of benzene rings is 2. The Labute approximate surface area is 230 Å². The lowest BCUT2D eigenvalue weighted by Gasteiger charge is -2.26. The maximum Gasteiger partial charge on any atom is 0.513 e. The Hall–Kier alpha value is -5.27. The number of anilines is 1. The van der Waals surface area contributed by atoms with Gasteiger partial charge in [0.1, 0.15) is 23.3 Å². The Kier molecular flexibility index (Phi) is 6.57. The van der Waals surface area contributed by atoms with Crippen molar-refractivity contribution in [2.45, 2.75) is 18.9 Å². The van der Waals surface area contributed by atoms with Crippen LogP contribution in [0.3, 0.4) is 0 Å². The molecule has 14 heteroatoms. The second-order valence-electron chi connectivity index (χ2n) is 9.14. The average molecular weight is 565 g/mol. The first-order valence-corrected chi connectivity index (χ1v) is 12.5. The van der Waals surface area contributed by atoms with Crippen molar-refractivity contribution in [1.29, 1.82) is 0 Å². The number of carbonyl (C=O) groups is 2. The highest BCUT2D eigenvalue weighted by atomic mass is 19.1. The Morgan fingerprint density at radius 1 is 1.00 bits per heavy atom. The summed E-state index contributed by atoms with van der Waals surface area (Å²) in [6.45, 7) is 0.615. The highest BCUT2D eigenvalue weighted by Gasteiger charge is 2.30. The molecule has 1 N–H and O–H groups in total. The molecule has 1 atom stereocenters. The molecular formula is C27H22F2N6O6. The van der Waals surface area contributed by atoms with Gasteiger partial charge in [-0.05, 0) is 37.1 Å². The molecule has 3 aromatic heterocycles. The van der Waals surface area contributed by atoms with Crippen LogP contribution in [0.25, 0.3) is 28.1 Å². The summed E-state index contributed by atoms with van der Waals surface area (Å²) in [7, 11) is 2.28. The van der Waals surface area contributed by atoms with Gasteiger partial charge in [-0.3, -0.25) is 0 Å². The molecular weight excluding hydrogens is 542 g/mol. The Morgan fingerprint density at radius 2 is 1.76 bits per heavy atom. The largest absolute Gasteiger partial charge is 0.513 e. The van der Waals surface area contributed by atoms with Crippen molar-refractivity contribution >= 4 is 34.8 Å². The first kappa shape index (κ1) is 26.0. The van der Waals surface area contributed by atoms with E-state index in [-0.39, 0.29) is 23.1 Å². The van der Waals surface area contributed by atoms with Gasteiger partial charge in [0, 0.05) is 30.4 Å². The monoisotopic (exact) mass is 564 g/mol. The van der Waals surface area contributed by atoms with E-state index in [1.54, 1.807) is 23.0 Å². The van der Waals surface area contributed by atoms with Crippen LogP contribution < -0.4 is 14.4 Å². The normalized spacial score (nSPS) is 14.9. The fourth-order valence-electron chi connectivity index (χ4n) is 4.89. The number of nitrogens with one attached hydrogen (secondary N) is 1. The summed E-state index contributed by atoms with van der Waals surface area (Å²) in [5.41, 5.74) is 2.12. The molecule has 2 aromatic carbocycles. The van der Waals surface area contributed by atoms with Crippen molar-refractivity contribution in [2.24, 2.45) is 0 Å². The third-order valence-electron chi connectivity index (χ3n) is 6.74. The lowest BCUT2D eigenvalue weighted by Crippen LogP contribution is -2.24. The number of imidazole rings is 1. The van der Waals surface area contributed by atoms with E-state index in [0.717, 1.165) is 32.8 Å². The number of methoxy groups -OCH3 is 2. The van der Waals surface area contributed by atoms with Crippen LogP contribution in [0.2, 0.25) is 0 Å². The number of H-pyrrole nitrogens is 1. The molecule has 1 aliphatic rings. The minimum atomic E-state index is -1.02. The number of fused-ring (bicyclic) bond motifs is 2. The molecule has 210 valence electrons. The van der Waals surface area contributed by atoms with Crippen molar-refractivity contribution in [3.05, 3.63) is 66.0 Å². The number of carbonyl (C=O) groups excluding carboxylic acids is 2. The molecule has 1 saturated heterocycles. The van der Waals surface area contributed by atoms with E-state index in [9.17, 15) is 18.4 Å². The summed E-state index contributed by atoms with van der Waals surface area (Å²) >= 11 is 0. The lowest BCUT2D eigenvalue weighted by atomic mass is 10.0. The Morgan fingerprint density at radius 3 is 2.51 bits per heavy atom. The molecule has 0 amide bonds. The zero-order valence-electron chi connectivity index (χ0n) is 21.8. The number of aromatic amines is 1. The van der Waals surface area contributed by atoms with Crippen molar-refractivity contribution < 1.29 is 37.3 Å². The SMILES string of the molecule is COC(=O)Oc1cc2nc(-c3cnn4ccc(N5CCC[C@@H]5c5cc(F)ccc5F)nc34)[nH]c2cc1OC(=O)OC. The van der Waals surface area contributed by atoms with E-state index in [4.69, 9.17) is 14.5 Å². The predicted octanol–water partition coefficient (Wildman–Crippen LogP) is 5.18. The maximum atomic E-state index is 14.6. The number of hydrogen-bond acceptors (Lipinski definition) is 10. The van der Waals surface area contributed by atoms with Gasteiger partial charge in [0.15, 0.2) is 17.1 Å². The van der Waals surface area contributed by atoms with Gasteiger partial charge in [0.25, 0.3) is 0 Å². The van der Waals surface area contributed by atoms with Crippen molar-refractivity contribution in [1.82, 2.24) is 24.6 Å². The number of halogens is 2. The first-order chi connectivity index (χ1) is 19.8. The maximum absolute atomic E-state index is 14.6. The predicted molar refractivity (Wildman–Crippen MR) is 140 cm³/mol. The van der Waals surface area contributed by atoms with Gasteiger partial charge in [-0.25, -0.2) is 32.9 Å². The fraction of sp³-hybridized carbons (Fsp3) is 0.222. The second-order valence-corrected chi connectivity index (χ2v) is 9.14. The van der Waals surface area contributed by atoms with Gasteiger partial charge >= 0.3 is 12.3 Å². The minimum Gasteiger partial charge on any atom is -0.437 e. The highest BCUT2D eigenvalue weighted by molar-refractivity contribution is 5.87. The topological polar surface area (TPSA) is 133 Å². The number of hydrogen-bond donors (Lipinski definition) is 1. The molecule has 0 unspecified atom stereocenters. The van der Waals surface area contributed by atoms with E-state index in [1.165, 1.54) is 18.2 Å². The number of rotatable bonds is 5. The molecule has 41 heavy (non-hydrogen) atoms. The highest BCUT2D eigenvalue weighted by Crippen LogP contribution is 2.38. The number of nitrogens with zero attached hydrogens (tertiary/aromatic N) is 5. The molecule has 0 aliphatic carbocycles. The number of ether oxygens (including phenoxy) is 4. The molecule has 5 aromatic rings. The molecule has 4 heterocycles. The van der Waals surface area contributed by atoms with Gasteiger partial charge in [0.2, 0.25) is 0 Å². The van der Waals surface area contributed by atoms with Gasteiger partial charge < -0.3 is 28.8 Å². The second kappa shape index (κ2) is 10.4. The van der Waals surface area contributed by atoms with Crippen LogP contribution in [0.4, 0.5) is 24.2 Å². The zero-order chi connectivity index (χ0) is 28.7. The van der Waals surface area contributed by atoms with Gasteiger partial charge in [-0.2, -0.15) is 5.10 Å². The van der Waals surface area contributed by atoms with Crippen LogP contribution in [0, 0.1) is 11.6 Å². The van der Waals surface area contributed by atoms with Crippen LogP contribution >= 0.6 is 0 Å². The van der Waals surface area contributed by atoms with Gasteiger partial charge in [0.05, 0.1) is 43.1 Å². The summed E-state index contributed by atoms with van der Waals surface area (Å²) in [5.74, 6) is -0.229. The third kappa shape index (κ3) is 4.83. The molecule has 6 rings (SSSR count). The molecule has 0 radical (unpaired) electrons. The quantitative estimate of drug-likeness (QED) is 0.225. The molecule has 0 bridgehead atoms. The van der Waals surface area contributed by atoms with E-state index in [1.807, 2.05) is 4.90 Å². The average Bonchev–Trinajstić information content (AvgIpc) is 3.71. The van der Waals surface area contributed by atoms with E-state index in [0.29, 0.717) is 46.9 Å². The van der Waals surface area contributed by atoms with Gasteiger partial charge in [-0.15, -0.1) is 0 Å². The van der Waals surface area contributed by atoms with Crippen LogP contribution in [0.5, 0.6) is 11.5 Å². The summed E-state index contributed by atoms with van der Waals surface area (Å²) < 4.78 is 49.5. The standard InChI is InChI=1S/C27H22F2N6O6/c1-38-26(36)40-21-11-18-19(12-22(21)41-27(37)39-2)32-24(31-18)16-13-30-35-9-7-23(33-25(16)35)34-8-3-4-20(34)15-10-14(28)5-6-17(15)29/h5-7,9-13,20H,3-4,8H2,1-2H3,(H,31,32)/t20-/m1/s1. The van der Waals surface area contributed by atoms with Crippen molar-refractivity contribution in [2.75, 3.05) is 25.7 Å². The molecule has 0 saturated carbocycles. The van der Waals surface area contributed by atoms with E-state index < -0.39 is 23.9 Å². The molecule has 1 fully saturated rings. The Balaban J connectivity index is 1.39. The molecule has 0 spiro atoms. The summed E-state index contributed by atoms with van der Waals surface area (Å²) in [6, 6.07) is 7.68. The van der Waals surface area contributed by atoms with Crippen molar-refractivity contribution in [3.63, 3.8) is 0 Å². The number of aromatic nitrogens is 5. The van der Waals surface area contributed by atoms with Gasteiger partial charge in [-0.1, -0.05) is 0 Å². The van der Waals surface area contributed by atoms with E-state index >= 15 is 0 Å². The van der Waals surface area contributed by atoms with Crippen LogP contribution in [-0.4, -0.2) is 57.6 Å². The van der Waals surface area contributed by atoms with E-state index in [2.05, 4.69) is 24.5 Å². The minimum absolute atomic E-state index is 0.102. The third-order valence-corrected chi connectivity index (χ3v) is 6.74. The smallest absolute Gasteiger partial charge is 0.437 e. The molecule has 1 aliphatic heterocycles. The van der Waals surface area contributed by atoms with Crippen LogP contribution in [0.15, 0.2) is 48.8 Å². The Bertz CT molecular complexity index is 1750. The fourth-order valence-corrected chi connectivity index (χ4v) is 4.89. The van der Waals surface area contributed by atoms with Crippen LogP contribution in [0.1, 0.15) is 24.4 Å². The summed E-state index contributed by atoms with van der Waals surface area (Å²) in [4.78, 5) is 38.0.